The van der Waals surface area contributed by atoms with Gasteiger partial charge in [0, 0.05) is 10.6 Å². The summed E-state index contributed by atoms with van der Waals surface area (Å²) in [4.78, 5) is 23.4. The molecule has 0 bridgehead atoms. The summed E-state index contributed by atoms with van der Waals surface area (Å²) in [6.45, 7) is 0. The molecule has 3 N–H and O–H groups in total. The fourth-order valence-corrected chi connectivity index (χ4v) is 2.86. The average molecular weight is 304 g/mol. The minimum Gasteiger partial charge on any atom is -0.507 e. The van der Waals surface area contributed by atoms with E-state index in [-0.39, 0.29) is 22.4 Å². The van der Waals surface area contributed by atoms with Gasteiger partial charge in [-0.3, -0.25) is 0 Å². The van der Waals surface area contributed by atoms with Gasteiger partial charge in [-0.2, -0.15) is 0 Å². The van der Waals surface area contributed by atoms with Crippen molar-refractivity contribution >= 4 is 23.7 Å². The quantitative estimate of drug-likeness (QED) is 0.735. The van der Waals surface area contributed by atoms with E-state index in [1.165, 1.54) is 17.8 Å². The lowest BCUT2D eigenvalue weighted by molar-refractivity contribution is 0.0693. The maximum absolute atomic E-state index is 11.3. The van der Waals surface area contributed by atoms with E-state index in [1.54, 1.807) is 0 Å². The first-order valence-corrected chi connectivity index (χ1v) is 6.98. The van der Waals surface area contributed by atoms with E-state index in [2.05, 4.69) is 0 Å². The minimum absolute atomic E-state index is 0.101. The van der Waals surface area contributed by atoms with Crippen molar-refractivity contribution in [1.29, 1.82) is 0 Å². The molecule has 2 aromatic rings. The van der Waals surface area contributed by atoms with Crippen molar-refractivity contribution in [2.75, 3.05) is 0 Å². The summed E-state index contributed by atoms with van der Waals surface area (Å²) < 4.78 is 0. The number of carboxylic acids is 2. The maximum atomic E-state index is 11.3. The number of hydrogen-bond donors (Lipinski definition) is 3. The van der Waals surface area contributed by atoms with Crippen LogP contribution in [0.25, 0.3) is 0 Å². The van der Waals surface area contributed by atoms with Crippen LogP contribution >= 0.6 is 11.8 Å². The molecule has 0 aromatic heterocycles. The molecule has 0 radical (unpaired) electrons. The summed E-state index contributed by atoms with van der Waals surface area (Å²) in [5, 5.41) is 28.0. The molecule has 21 heavy (non-hydrogen) atoms. The van der Waals surface area contributed by atoms with Crippen molar-refractivity contribution in [1.82, 2.24) is 0 Å². The van der Waals surface area contributed by atoms with E-state index in [0.29, 0.717) is 0 Å². The number of phenols is 1. The van der Waals surface area contributed by atoms with Crippen molar-refractivity contribution in [3.05, 3.63) is 59.2 Å². The number of benzene rings is 2. The van der Waals surface area contributed by atoms with Gasteiger partial charge in [-0.05, 0) is 29.8 Å². The number of carbonyl (C=O) groups is 2. The highest BCUT2D eigenvalue weighted by atomic mass is 32.2. The van der Waals surface area contributed by atoms with Gasteiger partial charge in [-0.25, -0.2) is 9.59 Å². The molecule has 2 rings (SSSR count). The lowest BCUT2D eigenvalue weighted by Gasteiger charge is -2.11. The Hall–Kier alpha value is -2.47. The molecule has 0 unspecified atom stereocenters. The zero-order valence-electron chi connectivity index (χ0n) is 10.8. The van der Waals surface area contributed by atoms with Crippen LogP contribution in [0.5, 0.6) is 5.75 Å². The summed E-state index contributed by atoms with van der Waals surface area (Å²) in [6, 6.07) is 11.5. The van der Waals surface area contributed by atoms with E-state index >= 15 is 0 Å². The largest absolute Gasteiger partial charge is 0.507 e. The summed E-state index contributed by atoms with van der Waals surface area (Å²) in [7, 11) is 0. The molecule has 0 fully saturated rings. The zero-order chi connectivity index (χ0) is 15.4. The molecule has 5 nitrogen and oxygen atoms in total. The normalized spacial score (nSPS) is 10.3. The Morgan fingerprint density at radius 2 is 1.62 bits per heavy atom. The number of aromatic carboxylic acids is 2. The molecule has 0 spiro atoms. The molecule has 0 atom stereocenters. The minimum atomic E-state index is -1.35. The number of carboxylic acid groups (broad SMARTS) is 2. The standard InChI is InChI=1S/C15H12O5S/c16-12-7-6-10(14(17)18)11(13(12)15(19)20)8-21-9-4-2-1-3-5-9/h1-7,16H,8H2,(H,17,18)(H,19,20). The summed E-state index contributed by atoms with van der Waals surface area (Å²) in [5.74, 6) is -2.86. The first-order valence-electron chi connectivity index (χ1n) is 6.00. The predicted octanol–water partition coefficient (Wildman–Crippen LogP) is 3.08. The molecule has 0 saturated heterocycles. The second-order valence-electron chi connectivity index (χ2n) is 4.20. The second-order valence-corrected chi connectivity index (χ2v) is 5.25. The lowest BCUT2D eigenvalue weighted by atomic mass is 10.0. The van der Waals surface area contributed by atoms with Crippen molar-refractivity contribution in [2.45, 2.75) is 10.6 Å². The van der Waals surface area contributed by atoms with Gasteiger partial charge in [-0.15, -0.1) is 11.8 Å². The summed E-state index contributed by atoms with van der Waals surface area (Å²) in [5.41, 5.74) is -0.379. The molecular formula is C15H12O5S. The lowest BCUT2D eigenvalue weighted by Crippen LogP contribution is -2.09. The van der Waals surface area contributed by atoms with E-state index in [4.69, 9.17) is 0 Å². The molecule has 0 aliphatic heterocycles. The molecule has 0 saturated carbocycles. The van der Waals surface area contributed by atoms with Crippen LogP contribution in [0.15, 0.2) is 47.4 Å². The topological polar surface area (TPSA) is 94.8 Å². The molecule has 6 heteroatoms. The van der Waals surface area contributed by atoms with Crippen LogP contribution in [0, 0.1) is 0 Å². The fourth-order valence-electron chi connectivity index (χ4n) is 1.90. The van der Waals surface area contributed by atoms with Crippen LogP contribution in [0.3, 0.4) is 0 Å². The van der Waals surface area contributed by atoms with E-state index in [0.717, 1.165) is 11.0 Å². The van der Waals surface area contributed by atoms with Crippen LogP contribution in [0.4, 0.5) is 0 Å². The Morgan fingerprint density at radius 3 is 2.19 bits per heavy atom. The molecule has 0 amide bonds. The number of aromatic hydroxyl groups is 1. The van der Waals surface area contributed by atoms with Gasteiger partial charge in [0.2, 0.25) is 0 Å². The van der Waals surface area contributed by atoms with Crippen molar-refractivity contribution in [2.24, 2.45) is 0 Å². The SMILES string of the molecule is O=C(O)c1ccc(O)c(C(=O)O)c1CSc1ccccc1. The molecule has 2 aromatic carbocycles. The van der Waals surface area contributed by atoms with Crippen LogP contribution in [0.2, 0.25) is 0 Å². The summed E-state index contributed by atoms with van der Waals surface area (Å²) in [6.07, 6.45) is 0. The second kappa shape index (κ2) is 6.32. The van der Waals surface area contributed by atoms with Crippen LogP contribution in [-0.2, 0) is 5.75 Å². The average Bonchev–Trinajstić information content (AvgIpc) is 2.45. The van der Waals surface area contributed by atoms with Crippen molar-refractivity contribution in [3.8, 4) is 5.75 Å². The first kappa shape index (κ1) is 14.9. The van der Waals surface area contributed by atoms with Gasteiger partial charge in [-0.1, -0.05) is 18.2 Å². The molecule has 108 valence electrons. The van der Waals surface area contributed by atoms with Crippen LogP contribution < -0.4 is 0 Å². The van der Waals surface area contributed by atoms with Gasteiger partial charge >= 0.3 is 11.9 Å². The van der Waals surface area contributed by atoms with Gasteiger partial charge in [0.1, 0.15) is 11.3 Å². The number of hydrogen-bond acceptors (Lipinski definition) is 4. The third-order valence-corrected chi connectivity index (χ3v) is 3.90. The first-order chi connectivity index (χ1) is 10.0. The van der Waals surface area contributed by atoms with Gasteiger partial charge in [0.25, 0.3) is 0 Å². The van der Waals surface area contributed by atoms with Gasteiger partial charge in [0.05, 0.1) is 5.56 Å². The summed E-state index contributed by atoms with van der Waals surface area (Å²) >= 11 is 1.31. The smallest absolute Gasteiger partial charge is 0.339 e. The Balaban J connectivity index is 2.42. The Kier molecular flexibility index (Phi) is 4.49. The van der Waals surface area contributed by atoms with E-state index in [9.17, 15) is 24.9 Å². The van der Waals surface area contributed by atoms with Crippen molar-refractivity contribution < 1.29 is 24.9 Å². The Bertz CT molecular complexity index is 682. The van der Waals surface area contributed by atoms with E-state index in [1.807, 2.05) is 30.3 Å². The molecule has 0 heterocycles. The zero-order valence-corrected chi connectivity index (χ0v) is 11.6. The highest BCUT2D eigenvalue weighted by Gasteiger charge is 2.22. The van der Waals surface area contributed by atoms with Crippen LogP contribution in [0.1, 0.15) is 26.3 Å². The molecule has 0 aliphatic carbocycles. The number of rotatable bonds is 5. The van der Waals surface area contributed by atoms with Crippen molar-refractivity contribution in [3.63, 3.8) is 0 Å². The number of thioether (sulfide) groups is 1. The highest BCUT2D eigenvalue weighted by molar-refractivity contribution is 7.98. The predicted molar refractivity (Wildman–Crippen MR) is 78.0 cm³/mol. The van der Waals surface area contributed by atoms with Gasteiger partial charge in [0.15, 0.2) is 0 Å². The highest BCUT2D eigenvalue weighted by Crippen LogP contribution is 2.31. The van der Waals surface area contributed by atoms with Crippen LogP contribution in [-0.4, -0.2) is 27.3 Å². The maximum Gasteiger partial charge on any atom is 0.339 e. The van der Waals surface area contributed by atoms with Gasteiger partial charge < -0.3 is 15.3 Å². The van der Waals surface area contributed by atoms with E-state index < -0.39 is 17.7 Å². The third-order valence-electron chi connectivity index (χ3n) is 2.86. The fraction of sp³-hybridized carbons (Fsp3) is 0.0667. The Labute approximate surface area is 124 Å². The molecule has 0 aliphatic rings. The monoisotopic (exact) mass is 304 g/mol. The molecular weight excluding hydrogens is 292 g/mol. The Morgan fingerprint density at radius 1 is 0.952 bits per heavy atom. The third kappa shape index (κ3) is 3.35.